The number of anilines is 1. The third kappa shape index (κ3) is 3.69. The number of halogens is 1. The van der Waals surface area contributed by atoms with Crippen LogP contribution in [0.2, 0.25) is 0 Å². The second kappa shape index (κ2) is 7.10. The van der Waals surface area contributed by atoms with Crippen LogP contribution in [0.5, 0.6) is 0 Å². The summed E-state index contributed by atoms with van der Waals surface area (Å²) in [4.78, 5) is 17.8. The second-order valence-corrected chi connectivity index (χ2v) is 9.29. The van der Waals surface area contributed by atoms with E-state index in [0.717, 1.165) is 0 Å². The first-order chi connectivity index (χ1) is 13.3. The highest BCUT2D eigenvalue weighted by atomic mass is 32.2. The van der Waals surface area contributed by atoms with Gasteiger partial charge in [-0.15, -0.1) is 11.3 Å². The maximum atomic E-state index is 14.5. The van der Waals surface area contributed by atoms with Crippen LogP contribution in [-0.2, 0) is 21.4 Å². The Balaban J connectivity index is 1.55. The summed E-state index contributed by atoms with van der Waals surface area (Å²) in [6, 6.07) is 5.98. The van der Waals surface area contributed by atoms with E-state index < -0.39 is 28.1 Å². The molecule has 1 amide bonds. The number of carbonyl (C=O) groups excluding carboxylic acids is 1. The fourth-order valence-electron chi connectivity index (χ4n) is 2.73. The molecule has 1 aliphatic rings. The summed E-state index contributed by atoms with van der Waals surface area (Å²) < 4.78 is 32.3. The Kier molecular flexibility index (Phi) is 4.76. The molecule has 0 spiro atoms. The number of rotatable bonds is 4. The molecular formula is C18H16FN3O4S2. The number of thiophene rings is 1. The van der Waals surface area contributed by atoms with Gasteiger partial charge in [0.25, 0.3) is 5.91 Å². The maximum absolute atomic E-state index is 14.5. The van der Waals surface area contributed by atoms with Crippen LogP contribution in [0.3, 0.4) is 0 Å². The van der Waals surface area contributed by atoms with Crippen LogP contribution in [-0.4, -0.2) is 25.9 Å². The number of benzene rings is 1. The van der Waals surface area contributed by atoms with Gasteiger partial charge < -0.3 is 14.7 Å². The van der Waals surface area contributed by atoms with Crippen LogP contribution in [0.4, 0.5) is 10.1 Å². The van der Waals surface area contributed by atoms with Crippen molar-refractivity contribution in [3.05, 3.63) is 46.0 Å². The largest absolute Gasteiger partial charge is 0.389 e. The van der Waals surface area contributed by atoms with Crippen molar-refractivity contribution in [2.75, 3.05) is 5.32 Å². The normalized spacial score (nSPS) is 16.6. The lowest BCUT2D eigenvalue weighted by molar-refractivity contribution is 0.0123. The van der Waals surface area contributed by atoms with Crippen molar-refractivity contribution in [2.45, 2.75) is 31.6 Å². The van der Waals surface area contributed by atoms with Crippen molar-refractivity contribution in [1.29, 1.82) is 0 Å². The zero-order valence-electron chi connectivity index (χ0n) is 15.0. The third-order valence-corrected chi connectivity index (χ3v) is 6.28. The summed E-state index contributed by atoms with van der Waals surface area (Å²) in [5.41, 5.74) is 0.152. The number of nitrogens with one attached hydrogen (secondary N) is 1. The summed E-state index contributed by atoms with van der Waals surface area (Å²) in [6.07, 6.45) is 0.447. The van der Waals surface area contributed by atoms with Gasteiger partial charge in [-0.2, -0.15) is 0 Å². The van der Waals surface area contributed by atoms with Gasteiger partial charge in [0, 0.05) is 17.9 Å². The van der Waals surface area contributed by atoms with Crippen molar-refractivity contribution in [2.24, 2.45) is 5.16 Å². The zero-order valence-corrected chi connectivity index (χ0v) is 16.7. The first-order valence-corrected chi connectivity index (χ1v) is 10.6. The van der Waals surface area contributed by atoms with Crippen molar-refractivity contribution in [3.63, 3.8) is 0 Å². The van der Waals surface area contributed by atoms with Crippen LogP contribution in [0, 0.1) is 5.82 Å². The average molecular weight is 421 g/mol. The highest BCUT2D eigenvalue weighted by Crippen LogP contribution is 2.29. The Hall–Kier alpha value is -2.59. The zero-order chi connectivity index (χ0) is 19.9. The molecular weight excluding hydrogens is 405 g/mol. The first kappa shape index (κ1) is 18.8. The molecule has 0 radical (unpaired) electrons. The summed E-state index contributed by atoms with van der Waals surface area (Å²) in [5, 5.41) is 12.9. The molecule has 146 valence electrons. The Bertz CT molecular complexity index is 1110. The number of carbonyl (C=O) groups is 1. The molecule has 10 heteroatoms. The number of hydrogen-bond acceptors (Lipinski definition) is 7. The van der Waals surface area contributed by atoms with E-state index in [2.05, 4.69) is 15.6 Å². The fourth-order valence-corrected chi connectivity index (χ4v) is 4.60. The molecule has 7 nitrogen and oxygen atoms in total. The molecule has 2 aromatic heterocycles. The van der Waals surface area contributed by atoms with Gasteiger partial charge in [-0.3, -0.25) is 9.00 Å². The van der Waals surface area contributed by atoms with Crippen molar-refractivity contribution in [1.82, 2.24) is 5.16 Å². The predicted octanol–water partition coefficient (Wildman–Crippen LogP) is 4.04. The molecule has 1 aromatic carbocycles. The molecule has 0 saturated carbocycles. The molecule has 3 aromatic rings. The topological polar surface area (TPSA) is 93.8 Å². The predicted molar refractivity (Wildman–Crippen MR) is 105 cm³/mol. The SMILES string of the molecule is CC1(C)CC(S(=O)Cc2noc3cc(NC(=O)c4cccs4)c(F)cc23)=NO1. The number of nitrogens with zero attached hydrogens (tertiary/aromatic N) is 2. The van der Waals surface area contributed by atoms with E-state index in [1.165, 1.54) is 23.5 Å². The number of fused-ring (bicyclic) bond motifs is 1. The molecule has 4 rings (SSSR count). The van der Waals surface area contributed by atoms with Crippen LogP contribution >= 0.6 is 11.3 Å². The minimum absolute atomic E-state index is 0.00922. The third-order valence-electron chi connectivity index (χ3n) is 4.13. The Labute approximate surface area is 166 Å². The number of oxime groups is 1. The van der Waals surface area contributed by atoms with Crippen LogP contribution in [0.15, 0.2) is 39.3 Å². The van der Waals surface area contributed by atoms with E-state index >= 15 is 0 Å². The van der Waals surface area contributed by atoms with Crippen molar-refractivity contribution < 1.29 is 22.8 Å². The van der Waals surface area contributed by atoms with Crippen molar-refractivity contribution >= 4 is 49.7 Å². The van der Waals surface area contributed by atoms with Gasteiger partial charge in [-0.1, -0.05) is 16.4 Å². The molecule has 28 heavy (non-hydrogen) atoms. The molecule has 3 heterocycles. The fraction of sp³-hybridized carbons (Fsp3) is 0.278. The first-order valence-electron chi connectivity index (χ1n) is 8.38. The Morgan fingerprint density at radius 3 is 2.93 bits per heavy atom. The van der Waals surface area contributed by atoms with E-state index in [1.807, 2.05) is 13.8 Å². The summed E-state index contributed by atoms with van der Waals surface area (Å²) in [5.74, 6) is -1.00. The maximum Gasteiger partial charge on any atom is 0.265 e. The molecule has 1 unspecified atom stereocenters. The lowest BCUT2D eigenvalue weighted by atomic mass is 10.1. The Morgan fingerprint density at radius 1 is 1.43 bits per heavy atom. The van der Waals surface area contributed by atoms with E-state index in [9.17, 15) is 13.4 Å². The summed E-state index contributed by atoms with van der Waals surface area (Å²) >= 11 is 1.26. The highest BCUT2D eigenvalue weighted by Gasteiger charge is 2.32. The van der Waals surface area contributed by atoms with Crippen molar-refractivity contribution in [3.8, 4) is 0 Å². The van der Waals surface area contributed by atoms with Gasteiger partial charge in [0.05, 0.1) is 27.1 Å². The highest BCUT2D eigenvalue weighted by molar-refractivity contribution is 7.99. The van der Waals surface area contributed by atoms with Gasteiger partial charge in [0.2, 0.25) is 0 Å². The van der Waals surface area contributed by atoms with Crippen LogP contribution in [0.1, 0.15) is 35.6 Å². The summed E-state index contributed by atoms with van der Waals surface area (Å²) in [6.45, 7) is 3.71. The molecule has 1 atom stereocenters. The van der Waals surface area contributed by atoms with Gasteiger partial charge in [-0.25, -0.2) is 4.39 Å². The van der Waals surface area contributed by atoms with Gasteiger partial charge >= 0.3 is 0 Å². The van der Waals surface area contributed by atoms with Crippen LogP contribution < -0.4 is 5.32 Å². The summed E-state index contributed by atoms with van der Waals surface area (Å²) in [7, 11) is -1.46. The van der Waals surface area contributed by atoms with E-state index in [1.54, 1.807) is 17.5 Å². The quantitative estimate of drug-likeness (QED) is 0.686. The van der Waals surface area contributed by atoms with Gasteiger partial charge in [-0.05, 0) is 31.4 Å². The van der Waals surface area contributed by atoms with Gasteiger partial charge in [0.1, 0.15) is 22.2 Å². The van der Waals surface area contributed by atoms with E-state index in [0.29, 0.717) is 33.0 Å². The minimum atomic E-state index is -1.46. The second-order valence-electron chi connectivity index (χ2n) is 6.89. The number of hydrogen-bond donors (Lipinski definition) is 1. The molecule has 1 N–H and O–H groups in total. The number of amides is 1. The van der Waals surface area contributed by atoms with E-state index in [4.69, 9.17) is 9.36 Å². The lowest BCUT2D eigenvalue weighted by Crippen LogP contribution is -2.20. The lowest BCUT2D eigenvalue weighted by Gasteiger charge is -2.12. The molecule has 1 aliphatic heterocycles. The van der Waals surface area contributed by atoms with Gasteiger partial charge in [0.15, 0.2) is 5.58 Å². The minimum Gasteiger partial charge on any atom is -0.389 e. The molecule has 0 fully saturated rings. The molecule has 0 aliphatic carbocycles. The van der Waals surface area contributed by atoms with Crippen LogP contribution in [0.25, 0.3) is 11.0 Å². The van der Waals surface area contributed by atoms with E-state index in [-0.39, 0.29) is 11.4 Å². The monoisotopic (exact) mass is 421 g/mol. The standard InChI is InChI=1S/C18H16FN3O4S2/c1-18(2)8-16(22-26-18)28(24)9-13-10-6-11(19)12(7-14(10)25-21-13)20-17(23)15-4-3-5-27-15/h3-7H,8-9H2,1-2H3,(H,20,23). The molecule has 0 bridgehead atoms. The smallest absolute Gasteiger partial charge is 0.265 e. The molecule has 0 saturated heterocycles. The average Bonchev–Trinajstić information content (AvgIpc) is 3.36. The Morgan fingerprint density at radius 2 is 2.25 bits per heavy atom. The number of aromatic nitrogens is 1.